The van der Waals surface area contributed by atoms with Crippen LogP contribution in [0.25, 0.3) is 0 Å². The molecule has 0 aliphatic rings. The largest absolute Gasteiger partial charge is 0.380 e. The molecule has 0 spiro atoms. The van der Waals surface area contributed by atoms with Crippen LogP contribution < -0.4 is 0 Å². The lowest BCUT2D eigenvalue weighted by Gasteiger charge is -2.27. The van der Waals surface area contributed by atoms with Crippen LogP contribution in [0.5, 0.6) is 0 Å². The van der Waals surface area contributed by atoms with Crippen LogP contribution in [0.3, 0.4) is 0 Å². The molecule has 1 aromatic carbocycles. The summed E-state index contributed by atoms with van der Waals surface area (Å²) in [6.07, 6.45) is 0.496. The molecule has 0 aliphatic heterocycles. The molecule has 1 aromatic heterocycles. The zero-order chi connectivity index (χ0) is 12.5. The van der Waals surface area contributed by atoms with E-state index in [-0.39, 0.29) is 5.82 Å². The van der Waals surface area contributed by atoms with Gasteiger partial charge in [-0.3, -0.25) is 0 Å². The number of halogens is 2. The maximum absolute atomic E-state index is 13.3. The van der Waals surface area contributed by atoms with Gasteiger partial charge in [0.25, 0.3) is 0 Å². The molecule has 1 atom stereocenters. The Morgan fingerprint density at radius 3 is 2.71 bits per heavy atom. The molecule has 0 radical (unpaired) electrons. The Balaban J connectivity index is 2.55. The van der Waals surface area contributed by atoms with Crippen molar-refractivity contribution in [3.05, 3.63) is 56.4 Å². The Hall–Kier alpha value is -0.710. The van der Waals surface area contributed by atoms with E-state index in [1.165, 1.54) is 23.5 Å². The summed E-state index contributed by atoms with van der Waals surface area (Å²) in [6, 6.07) is 8.02. The van der Waals surface area contributed by atoms with Crippen LogP contribution in [0, 0.1) is 5.82 Å². The monoisotopic (exact) mass is 314 g/mol. The molecule has 4 heteroatoms. The first-order valence-corrected chi connectivity index (χ1v) is 6.97. The van der Waals surface area contributed by atoms with Crippen LogP contribution in [0.4, 0.5) is 4.39 Å². The minimum atomic E-state index is -1.13. The highest BCUT2D eigenvalue weighted by atomic mass is 79.9. The molecule has 17 heavy (non-hydrogen) atoms. The lowest BCUT2D eigenvalue weighted by atomic mass is 9.89. The van der Waals surface area contributed by atoms with E-state index in [9.17, 15) is 9.50 Å². The standard InChI is InChI=1S/C13H12BrFOS/c1-2-13(16,12-11(14)6-7-17-12)9-4-3-5-10(15)8-9/h3-8,16H,2H2,1H3. The Morgan fingerprint density at radius 1 is 1.41 bits per heavy atom. The summed E-state index contributed by atoms with van der Waals surface area (Å²) >= 11 is 4.88. The van der Waals surface area contributed by atoms with Crippen LogP contribution >= 0.6 is 27.3 Å². The fourth-order valence-electron chi connectivity index (χ4n) is 1.83. The highest BCUT2D eigenvalue weighted by Gasteiger charge is 2.32. The van der Waals surface area contributed by atoms with Gasteiger partial charge in [-0.25, -0.2) is 4.39 Å². The molecule has 1 unspecified atom stereocenters. The number of hydrogen-bond acceptors (Lipinski definition) is 2. The van der Waals surface area contributed by atoms with E-state index in [2.05, 4.69) is 15.9 Å². The fourth-order valence-corrected chi connectivity index (χ4v) is 3.72. The van der Waals surface area contributed by atoms with Crippen molar-refractivity contribution in [2.45, 2.75) is 18.9 Å². The van der Waals surface area contributed by atoms with Crippen molar-refractivity contribution in [3.8, 4) is 0 Å². The van der Waals surface area contributed by atoms with Gasteiger partial charge in [-0.2, -0.15) is 0 Å². The van der Waals surface area contributed by atoms with Gasteiger partial charge in [0.2, 0.25) is 0 Å². The topological polar surface area (TPSA) is 20.2 Å². The normalized spacial score (nSPS) is 14.6. The van der Waals surface area contributed by atoms with Crippen LogP contribution in [0.1, 0.15) is 23.8 Å². The van der Waals surface area contributed by atoms with Gasteiger partial charge in [0.05, 0.1) is 4.88 Å². The third kappa shape index (κ3) is 2.30. The molecule has 2 aromatic rings. The van der Waals surface area contributed by atoms with Crippen molar-refractivity contribution in [2.24, 2.45) is 0 Å². The molecule has 2 rings (SSSR count). The van der Waals surface area contributed by atoms with Crippen molar-refractivity contribution in [1.29, 1.82) is 0 Å². The average molecular weight is 315 g/mol. The summed E-state index contributed by atoms with van der Waals surface area (Å²) in [7, 11) is 0. The second-order valence-corrected chi connectivity index (χ2v) is 5.59. The second kappa shape index (κ2) is 4.88. The fraction of sp³-hybridized carbons (Fsp3) is 0.231. The van der Waals surface area contributed by atoms with Crippen molar-refractivity contribution in [2.75, 3.05) is 0 Å². The molecular formula is C13H12BrFOS. The number of benzene rings is 1. The van der Waals surface area contributed by atoms with Crippen molar-refractivity contribution in [1.82, 2.24) is 0 Å². The molecule has 0 bridgehead atoms. The lowest BCUT2D eigenvalue weighted by Crippen LogP contribution is -2.25. The summed E-state index contributed by atoms with van der Waals surface area (Å²) in [4.78, 5) is 0.811. The summed E-state index contributed by atoms with van der Waals surface area (Å²) in [6.45, 7) is 1.89. The quantitative estimate of drug-likeness (QED) is 0.895. The maximum atomic E-state index is 13.3. The van der Waals surface area contributed by atoms with E-state index in [0.717, 1.165) is 9.35 Å². The SMILES string of the molecule is CCC(O)(c1cccc(F)c1)c1sccc1Br. The van der Waals surface area contributed by atoms with Crippen LogP contribution in [0.15, 0.2) is 40.2 Å². The van der Waals surface area contributed by atoms with Gasteiger partial charge < -0.3 is 5.11 Å². The molecule has 90 valence electrons. The van der Waals surface area contributed by atoms with E-state index in [1.807, 2.05) is 18.4 Å². The highest BCUT2D eigenvalue weighted by Crippen LogP contribution is 2.40. The van der Waals surface area contributed by atoms with Crippen molar-refractivity contribution < 1.29 is 9.50 Å². The van der Waals surface area contributed by atoms with Crippen LogP contribution in [0.2, 0.25) is 0 Å². The first-order valence-electron chi connectivity index (χ1n) is 5.30. The minimum Gasteiger partial charge on any atom is -0.380 e. The summed E-state index contributed by atoms with van der Waals surface area (Å²) in [5, 5.41) is 12.7. The van der Waals surface area contributed by atoms with E-state index in [0.29, 0.717) is 12.0 Å². The first kappa shape index (κ1) is 12.7. The van der Waals surface area contributed by atoms with E-state index in [4.69, 9.17) is 0 Å². The molecule has 0 fully saturated rings. The first-order chi connectivity index (χ1) is 8.08. The molecule has 0 saturated heterocycles. The molecule has 1 heterocycles. The second-order valence-electron chi connectivity index (χ2n) is 3.82. The number of thiophene rings is 1. The number of rotatable bonds is 3. The maximum Gasteiger partial charge on any atom is 0.125 e. The smallest absolute Gasteiger partial charge is 0.125 e. The summed E-state index contributed by atoms with van der Waals surface area (Å²) in [5.74, 6) is -0.331. The minimum absolute atomic E-state index is 0.331. The van der Waals surface area contributed by atoms with Gasteiger partial charge in [0.1, 0.15) is 11.4 Å². The highest BCUT2D eigenvalue weighted by molar-refractivity contribution is 9.10. The summed E-state index contributed by atoms with van der Waals surface area (Å²) < 4.78 is 14.1. The van der Waals surface area contributed by atoms with Crippen LogP contribution in [-0.2, 0) is 5.60 Å². The van der Waals surface area contributed by atoms with Gasteiger partial charge >= 0.3 is 0 Å². The molecule has 1 nitrogen and oxygen atoms in total. The Labute approximate surface area is 112 Å². The van der Waals surface area contributed by atoms with Gasteiger partial charge in [-0.05, 0) is 51.5 Å². The Morgan fingerprint density at radius 2 is 2.18 bits per heavy atom. The van der Waals surface area contributed by atoms with Crippen molar-refractivity contribution >= 4 is 27.3 Å². The molecule has 0 aliphatic carbocycles. The van der Waals surface area contributed by atoms with E-state index in [1.54, 1.807) is 12.1 Å². The average Bonchev–Trinajstić information content (AvgIpc) is 2.75. The third-order valence-corrected chi connectivity index (χ3v) is 4.80. The zero-order valence-corrected chi connectivity index (χ0v) is 11.7. The number of hydrogen-bond donors (Lipinski definition) is 1. The van der Waals surface area contributed by atoms with E-state index < -0.39 is 5.60 Å². The third-order valence-electron chi connectivity index (χ3n) is 2.81. The van der Waals surface area contributed by atoms with Crippen molar-refractivity contribution in [3.63, 3.8) is 0 Å². The number of aliphatic hydroxyl groups is 1. The van der Waals surface area contributed by atoms with Gasteiger partial charge in [-0.1, -0.05) is 19.1 Å². The van der Waals surface area contributed by atoms with Gasteiger partial charge in [0, 0.05) is 4.47 Å². The van der Waals surface area contributed by atoms with E-state index >= 15 is 0 Å². The van der Waals surface area contributed by atoms with Gasteiger partial charge in [-0.15, -0.1) is 11.3 Å². The zero-order valence-electron chi connectivity index (χ0n) is 9.28. The molecule has 0 amide bonds. The summed E-state index contributed by atoms with van der Waals surface area (Å²) in [5.41, 5.74) is -0.544. The predicted molar refractivity (Wildman–Crippen MR) is 71.7 cm³/mol. The molecular weight excluding hydrogens is 303 g/mol. The Bertz CT molecular complexity index is 526. The molecule has 1 N–H and O–H groups in total. The lowest BCUT2D eigenvalue weighted by molar-refractivity contribution is 0.0794. The van der Waals surface area contributed by atoms with Gasteiger partial charge in [0.15, 0.2) is 0 Å². The van der Waals surface area contributed by atoms with Crippen LogP contribution in [-0.4, -0.2) is 5.11 Å². The Kier molecular flexibility index (Phi) is 3.66. The molecule has 0 saturated carbocycles. The predicted octanol–water partition coefficient (Wildman–Crippen LogP) is 4.30.